The molecule has 2 atom stereocenters. The fourth-order valence-corrected chi connectivity index (χ4v) is 7.99. The van der Waals surface area contributed by atoms with Crippen LogP contribution in [0.2, 0.25) is 0 Å². The summed E-state index contributed by atoms with van der Waals surface area (Å²) in [6, 6.07) is -0.725. The monoisotopic (exact) mass is 876 g/mol. The molecule has 0 aliphatic rings. The third-order valence-corrected chi connectivity index (χ3v) is 12.1. The van der Waals surface area contributed by atoms with Gasteiger partial charge in [-0.1, -0.05) is 212 Å². The van der Waals surface area contributed by atoms with Gasteiger partial charge in [0.25, 0.3) is 0 Å². The molecule has 2 unspecified atom stereocenters. The van der Waals surface area contributed by atoms with E-state index in [4.69, 9.17) is 14.2 Å². The molecular formula is C54H101NO7. The van der Waals surface area contributed by atoms with Crippen molar-refractivity contribution < 1.29 is 38.2 Å². The standard InChI is InChI=1S/C54H101NO7/c1-6-8-10-12-14-16-18-20-22-24-26-27-29-30-32-34-36-38-40-42-44-52(56)61-49-50(48-60-47-46-51(54(58)59)55(3,4)5)62-53(57)45-43-41-39-37-35-33-31-28-25-23-21-19-17-15-13-11-9-7-2/h17,19,23,25,50-51H,6-16,18,20-22,24,26-49H2,1-5H3/b19-17-,25-23-. The lowest BCUT2D eigenvalue weighted by molar-refractivity contribution is -0.889. The molecule has 8 nitrogen and oxygen atoms in total. The number of carbonyl (C=O) groups is 3. The Labute approximate surface area is 383 Å². The van der Waals surface area contributed by atoms with E-state index in [9.17, 15) is 19.5 Å². The Balaban J connectivity index is 4.21. The Morgan fingerprint density at radius 3 is 1.26 bits per heavy atom. The minimum absolute atomic E-state index is 0.0419. The Bertz CT molecular complexity index is 1070. The lowest BCUT2D eigenvalue weighted by Crippen LogP contribution is -2.55. The molecule has 0 saturated heterocycles. The highest BCUT2D eigenvalue weighted by atomic mass is 16.6. The Hall–Kier alpha value is -2.19. The SMILES string of the molecule is CCCCCC/C=C\C/C=C\CCCCCCCCCC(=O)OC(COCCC(C(=O)[O-])[N+](C)(C)C)COC(=O)CCCCCCCCCCCCCCCCCCCCCC. The van der Waals surface area contributed by atoms with Gasteiger partial charge in [0.1, 0.15) is 12.6 Å². The van der Waals surface area contributed by atoms with Crippen LogP contribution in [0.5, 0.6) is 0 Å². The maximum absolute atomic E-state index is 12.8. The molecule has 0 aromatic carbocycles. The van der Waals surface area contributed by atoms with Crippen LogP contribution in [0.4, 0.5) is 0 Å². The molecule has 0 fully saturated rings. The highest BCUT2D eigenvalue weighted by Crippen LogP contribution is 2.16. The van der Waals surface area contributed by atoms with E-state index in [0.717, 1.165) is 51.4 Å². The third-order valence-electron chi connectivity index (χ3n) is 12.1. The maximum Gasteiger partial charge on any atom is 0.306 e. The summed E-state index contributed by atoms with van der Waals surface area (Å²) in [4.78, 5) is 37.0. The lowest BCUT2D eigenvalue weighted by atomic mass is 10.0. The second kappa shape index (κ2) is 45.4. The Morgan fingerprint density at radius 1 is 0.484 bits per heavy atom. The molecular weight excluding hydrogens is 775 g/mol. The van der Waals surface area contributed by atoms with Crippen LogP contribution >= 0.6 is 0 Å². The van der Waals surface area contributed by atoms with Crippen molar-refractivity contribution in [3.8, 4) is 0 Å². The fourth-order valence-electron chi connectivity index (χ4n) is 7.99. The minimum atomic E-state index is -1.12. The average molecular weight is 876 g/mol. The fraction of sp³-hybridized carbons (Fsp3) is 0.870. The van der Waals surface area contributed by atoms with Gasteiger partial charge in [-0.15, -0.1) is 0 Å². The number of ether oxygens (including phenoxy) is 3. The van der Waals surface area contributed by atoms with E-state index in [2.05, 4.69) is 38.2 Å². The van der Waals surface area contributed by atoms with Crippen molar-refractivity contribution in [2.24, 2.45) is 0 Å². The highest BCUT2D eigenvalue weighted by Gasteiger charge is 2.25. The highest BCUT2D eigenvalue weighted by molar-refractivity contribution is 5.70. The van der Waals surface area contributed by atoms with Crippen molar-refractivity contribution >= 4 is 17.9 Å². The molecule has 0 rings (SSSR count). The van der Waals surface area contributed by atoms with Crippen LogP contribution in [0.25, 0.3) is 0 Å². The van der Waals surface area contributed by atoms with Crippen LogP contribution in [0.15, 0.2) is 24.3 Å². The minimum Gasteiger partial charge on any atom is -0.544 e. The second-order valence-corrected chi connectivity index (χ2v) is 19.1. The first-order valence-corrected chi connectivity index (χ1v) is 26.4. The maximum atomic E-state index is 12.8. The van der Waals surface area contributed by atoms with Gasteiger partial charge in [0.05, 0.1) is 40.3 Å². The molecule has 0 aliphatic heterocycles. The average Bonchev–Trinajstić information content (AvgIpc) is 3.23. The molecule has 0 radical (unpaired) electrons. The third kappa shape index (κ3) is 43.1. The van der Waals surface area contributed by atoms with E-state index in [0.29, 0.717) is 12.8 Å². The number of carboxylic acids is 1. The normalized spacial score (nSPS) is 13.0. The summed E-state index contributed by atoms with van der Waals surface area (Å²) in [6.07, 6.45) is 52.0. The molecule has 0 aromatic rings. The quantitative estimate of drug-likeness (QED) is 0.0260. The van der Waals surface area contributed by atoms with Gasteiger partial charge in [-0.05, 0) is 44.9 Å². The van der Waals surface area contributed by atoms with E-state index in [1.807, 2.05) is 21.1 Å². The largest absolute Gasteiger partial charge is 0.544 e. The summed E-state index contributed by atoms with van der Waals surface area (Å²) in [7, 11) is 5.42. The van der Waals surface area contributed by atoms with E-state index >= 15 is 0 Å². The van der Waals surface area contributed by atoms with Crippen LogP contribution in [-0.2, 0) is 28.6 Å². The second-order valence-electron chi connectivity index (χ2n) is 19.1. The number of likely N-dealkylation sites (N-methyl/N-ethyl adjacent to an activating group) is 1. The number of allylic oxidation sites excluding steroid dienone is 4. The van der Waals surface area contributed by atoms with Crippen molar-refractivity contribution in [2.45, 2.75) is 264 Å². The molecule has 0 aliphatic carbocycles. The van der Waals surface area contributed by atoms with Crippen molar-refractivity contribution in [1.29, 1.82) is 0 Å². The number of hydrogen-bond acceptors (Lipinski definition) is 7. The number of nitrogens with zero attached hydrogens (tertiary/aromatic N) is 1. The zero-order chi connectivity index (χ0) is 45.6. The van der Waals surface area contributed by atoms with Crippen LogP contribution in [-0.4, -0.2) is 75.5 Å². The molecule has 8 heteroatoms. The van der Waals surface area contributed by atoms with Gasteiger partial charge in [0.2, 0.25) is 0 Å². The summed E-state index contributed by atoms with van der Waals surface area (Å²) in [5.41, 5.74) is 0. The van der Waals surface area contributed by atoms with Crippen molar-refractivity contribution in [2.75, 3.05) is 41.0 Å². The first kappa shape index (κ1) is 59.8. The molecule has 0 spiro atoms. The first-order chi connectivity index (χ1) is 30.1. The van der Waals surface area contributed by atoms with E-state index in [-0.39, 0.29) is 42.7 Å². The summed E-state index contributed by atoms with van der Waals surface area (Å²) >= 11 is 0. The molecule has 0 aromatic heterocycles. The molecule has 0 bridgehead atoms. The van der Waals surface area contributed by atoms with Gasteiger partial charge in [0, 0.05) is 19.3 Å². The summed E-state index contributed by atoms with van der Waals surface area (Å²) in [6.45, 7) is 4.68. The number of carbonyl (C=O) groups excluding carboxylic acids is 3. The van der Waals surface area contributed by atoms with Crippen LogP contribution in [0.3, 0.4) is 0 Å². The Morgan fingerprint density at radius 2 is 0.855 bits per heavy atom. The number of carboxylic acid groups (broad SMARTS) is 1. The smallest absolute Gasteiger partial charge is 0.306 e. The number of rotatable bonds is 48. The molecule has 0 N–H and O–H groups in total. The van der Waals surface area contributed by atoms with Gasteiger partial charge in [0.15, 0.2) is 6.10 Å². The predicted molar refractivity (Wildman–Crippen MR) is 259 cm³/mol. The summed E-state index contributed by atoms with van der Waals surface area (Å²) in [5.74, 6) is -1.73. The molecule has 0 amide bonds. The van der Waals surface area contributed by atoms with E-state index in [1.54, 1.807) is 0 Å². The number of unbranched alkanes of at least 4 members (excludes halogenated alkanes) is 30. The lowest BCUT2D eigenvalue weighted by Gasteiger charge is -2.34. The topological polar surface area (TPSA) is 102 Å². The van der Waals surface area contributed by atoms with E-state index < -0.39 is 18.1 Å². The van der Waals surface area contributed by atoms with Gasteiger partial charge in [-0.25, -0.2) is 0 Å². The zero-order valence-electron chi connectivity index (χ0n) is 41.6. The van der Waals surface area contributed by atoms with Gasteiger partial charge < -0.3 is 28.6 Å². The summed E-state index contributed by atoms with van der Waals surface area (Å²) in [5, 5.41) is 11.7. The first-order valence-electron chi connectivity index (χ1n) is 26.4. The van der Waals surface area contributed by atoms with E-state index in [1.165, 1.54) is 167 Å². The molecule has 62 heavy (non-hydrogen) atoms. The van der Waals surface area contributed by atoms with Gasteiger partial charge in [-0.2, -0.15) is 0 Å². The molecule has 364 valence electrons. The van der Waals surface area contributed by atoms with Crippen LogP contribution in [0, 0.1) is 0 Å². The van der Waals surface area contributed by atoms with Crippen molar-refractivity contribution in [1.82, 2.24) is 0 Å². The number of aliphatic carboxylic acids is 1. The number of esters is 2. The van der Waals surface area contributed by atoms with Gasteiger partial charge in [-0.3, -0.25) is 9.59 Å². The predicted octanol–water partition coefficient (Wildman–Crippen LogP) is 13.9. The van der Waals surface area contributed by atoms with Crippen molar-refractivity contribution in [3.05, 3.63) is 24.3 Å². The van der Waals surface area contributed by atoms with Crippen molar-refractivity contribution in [3.63, 3.8) is 0 Å². The van der Waals surface area contributed by atoms with Gasteiger partial charge >= 0.3 is 11.9 Å². The number of quaternary nitrogens is 1. The summed E-state index contributed by atoms with van der Waals surface area (Å²) < 4.78 is 17.3. The van der Waals surface area contributed by atoms with Crippen LogP contribution < -0.4 is 5.11 Å². The molecule has 0 saturated carbocycles. The Kier molecular flexibility index (Phi) is 43.8. The van der Waals surface area contributed by atoms with Crippen LogP contribution in [0.1, 0.15) is 251 Å². The zero-order valence-corrected chi connectivity index (χ0v) is 41.6. The number of hydrogen-bond donors (Lipinski definition) is 0. The molecule has 0 heterocycles.